The molecule has 0 radical (unpaired) electrons. The lowest BCUT2D eigenvalue weighted by atomic mass is 9.66. The van der Waals surface area contributed by atoms with Crippen molar-refractivity contribution in [2.75, 3.05) is 12.3 Å². The molecule has 0 bridgehead atoms. The number of nitrogens with zero attached hydrogens (tertiary/aromatic N) is 2. The van der Waals surface area contributed by atoms with Crippen molar-refractivity contribution in [1.82, 2.24) is 15.2 Å². The number of carbonyl (C=O) groups is 2. The Labute approximate surface area is 234 Å². The summed E-state index contributed by atoms with van der Waals surface area (Å²) in [6.07, 6.45) is 16.8. The zero-order valence-corrected chi connectivity index (χ0v) is 23.5. The van der Waals surface area contributed by atoms with Gasteiger partial charge >= 0.3 is 0 Å². The second kappa shape index (κ2) is 13.0. The van der Waals surface area contributed by atoms with Crippen molar-refractivity contribution < 1.29 is 9.59 Å². The Kier molecular flexibility index (Phi) is 10.5. The Morgan fingerprint density at radius 1 is 0.973 bits per heavy atom. The fraction of sp³-hybridized carbons (Fsp3) is 0.750. The Bertz CT molecular complexity index is 886. The minimum Gasteiger partial charge on any atom is -0.384 e. The van der Waals surface area contributed by atoms with Crippen molar-refractivity contribution in [3.05, 3.63) is 23.9 Å². The summed E-state index contributed by atoms with van der Waals surface area (Å²) in [6, 6.07) is 3.13. The van der Waals surface area contributed by atoms with E-state index in [9.17, 15) is 9.59 Å². The van der Waals surface area contributed by atoms with E-state index in [1.807, 2.05) is 11.0 Å². The number of hydrogen-bond acceptors (Lipinski definition) is 5. The van der Waals surface area contributed by atoms with Crippen molar-refractivity contribution in [1.29, 1.82) is 0 Å². The van der Waals surface area contributed by atoms with Gasteiger partial charge in [-0.15, -0.1) is 24.8 Å². The molecule has 3 saturated carbocycles. The number of fused-ring (bicyclic) bond motifs is 1. The minimum atomic E-state index is -0.710. The van der Waals surface area contributed by atoms with Crippen LogP contribution < -0.4 is 16.8 Å². The number of nitrogens with two attached hydrogens (primary N) is 2. The molecule has 2 heterocycles. The number of carbonyl (C=O) groups excluding carboxylic acids is 2. The lowest BCUT2D eigenvalue weighted by molar-refractivity contribution is -0.147. The highest BCUT2D eigenvalue weighted by Gasteiger charge is 2.66. The number of piperidine rings is 1. The molecule has 0 aromatic carbocycles. The average molecular weight is 555 g/mol. The molecule has 1 saturated heterocycles. The fourth-order valence-corrected chi connectivity index (χ4v) is 7.62. The molecule has 1 aromatic heterocycles. The Balaban J connectivity index is 0.00000190. The molecular weight excluding hydrogens is 509 g/mol. The van der Waals surface area contributed by atoms with Crippen molar-refractivity contribution in [2.45, 2.75) is 102 Å². The van der Waals surface area contributed by atoms with Gasteiger partial charge in [-0.1, -0.05) is 70.3 Å². The Morgan fingerprint density at radius 2 is 1.59 bits per heavy atom. The normalized spacial score (nSPS) is 26.9. The SMILES string of the molecule is Cl.Cl.Nc1ccc(CNC(=O)[C@]23C[C@H]2CCCN3C(=O)[C@H](N)C(C2CCCCC2)C2CCCCC2)cn1. The number of halogens is 2. The first-order valence-corrected chi connectivity index (χ1v) is 14.1. The number of hydrogen-bond donors (Lipinski definition) is 3. The molecule has 3 aliphatic carbocycles. The summed E-state index contributed by atoms with van der Waals surface area (Å²) in [6.45, 7) is 1.03. The standard InChI is InChI=1S/C28H43N5O2.2ClH/c29-23-14-13-19(17-31-23)18-32-27(35)28-16-22(28)12-7-15-33(28)26(34)25(30)24(20-8-3-1-4-9-20)21-10-5-2-6-11-21;;/h13-14,17,20-22,24-25H,1-12,15-16,18,30H2,(H2,29,31)(H,32,35);2*1H/t22-,25-,28+;;/m1../s1. The van der Waals surface area contributed by atoms with E-state index in [0.29, 0.717) is 30.7 Å². The Morgan fingerprint density at radius 3 is 2.16 bits per heavy atom. The topological polar surface area (TPSA) is 114 Å². The van der Waals surface area contributed by atoms with E-state index in [1.54, 1.807) is 12.3 Å². The van der Waals surface area contributed by atoms with E-state index in [-0.39, 0.29) is 48.5 Å². The molecule has 1 aliphatic heterocycles. The van der Waals surface area contributed by atoms with Crippen molar-refractivity contribution in [3.63, 3.8) is 0 Å². The highest BCUT2D eigenvalue weighted by Crippen LogP contribution is 2.55. The van der Waals surface area contributed by atoms with Crippen molar-refractivity contribution >= 4 is 42.4 Å². The molecule has 208 valence electrons. The van der Waals surface area contributed by atoms with E-state index in [1.165, 1.54) is 64.2 Å². The summed E-state index contributed by atoms with van der Waals surface area (Å²) in [5.41, 5.74) is 12.8. The molecule has 5 N–H and O–H groups in total. The van der Waals surface area contributed by atoms with Gasteiger partial charge < -0.3 is 21.7 Å². The number of nitrogen functional groups attached to an aromatic ring is 1. The van der Waals surface area contributed by atoms with Gasteiger partial charge in [0, 0.05) is 19.3 Å². The first-order valence-electron chi connectivity index (χ1n) is 14.1. The van der Waals surface area contributed by atoms with E-state index >= 15 is 0 Å². The smallest absolute Gasteiger partial charge is 0.246 e. The van der Waals surface area contributed by atoms with Crippen LogP contribution in [0.5, 0.6) is 0 Å². The number of pyridine rings is 1. The van der Waals surface area contributed by atoms with E-state index in [4.69, 9.17) is 11.5 Å². The molecular formula is C28H45Cl2N5O2. The molecule has 0 unspecified atom stereocenters. The largest absolute Gasteiger partial charge is 0.384 e. The van der Waals surface area contributed by atoms with E-state index in [0.717, 1.165) is 24.8 Å². The Hall–Kier alpha value is -1.57. The lowest BCUT2D eigenvalue weighted by Gasteiger charge is -2.44. The van der Waals surface area contributed by atoms with Crippen LogP contribution in [0.15, 0.2) is 18.3 Å². The van der Waals surface area contributed by atoms with Crippen LogP contribution in [0.4, 0.5) is 5.82 Å². The second-order valence-corrected chi connectivity index (χ2v) is 11.6. The van der Waals surface area contributed by atoms with Gasteiger partial charge in [0.15, 0.2) is 0 Å². The molecule has 3 atom stereocenters. The summed E-state index contributed by atoms with van der Waals surface area (Å²) in [4.78, 5) is 33.6. The third-order valence-corrected chi connectivity index (χ3v) is 9.54. The van der Waals surface area contributed by atoms with Crippen LogP contribution in [-0.2, 0) is 16.1 Å². The predicted molar refractivity (Wildman–Crippen MR) is 151 cm³/mol. The second-order valence-electron chi connectivity index (χ2n) is 11.6. The number of amides is 2. The van der Waals surface area contributed by atoms with Gasteiger partial charge in [-0.05, 0) is 54.6 Å². The van der Waals surface area contributed by atoms with Gasteiger partial charge in [0.05, 0.1) is 6.04 Å². The van der Waals surface area contributed by atoms with Crippen LogP contribution in [0.2, 0.25) is 0 Å². The number of likely N-dealkylation sites (tertiary alicyclic amines) is 1. The molecule has 4 aliphatic rings. The zero-order chi connectivity index (χ0) is 24.4. The quantitative estimate of drug-likeness (QED) is 0.456. The lowest BCUT2D eigenvalue weighted by Crippen LogP contribution is -2.61. The summed E-state index contributed by atoms with van der Waals surface area (Å²) in [5.74, 6) is 2.05. The zero-order valence-electron chi connectivity index (χ0n) is 21.9. The summed E-state index contributed by atoms with van der Waals surface area (Å²) in [7, 11) is 0. The van der Waals surface area contributed by atoms with Crippen molar-refractivity contribution in [3.8, 4) is 0 Å². The average Bonchev–Trinajstić information content (AvgIpc) is 3.65. The third-order valence-electron chi connectivity index (χ3n) is 9.54. The molecule has 5 rings (SSSR count). The van der Waals surface area contributed by atoms with Crippen LogP contribution >= 0.6 is 24.8 Å². The molecule has 1 aromatic rings. The molecule has 9 heteroatoms. The molecule has 7 nitrogen and oxygen atoms in total. The van der Waals surface area contributed by atoms with Gasteiger partial charge in [0.25, 0.3) is 0 Å². The number of rotatable bonds is 7. The maximum absolute atomic E-state index is 14.1. The molecule has 4 fully saturated rings. The van der Waals surface area contributed by atoms with Gasteiger partial charge in [0.2, 0.25) is 11.8 Å². The summed E-state index contributed by atoms with van der Waals surface area (Å²) < 4.78 is 0. The first kappa shape index (κ1) is 30.0. The summed E-state index contributed by atoms with van der Waals surface area (Å²) >= 11 is 0. The van der Waals surface area contributed by atoms with Crippen LogP contribution in [-0.4, -0.2) is 39.8 Å². The van der Waals surface area contributed by atoms with Crippen LogP contribution in [0.3, 0.4) is 0 Å². The van der Waals surface area contributed by atoms with Crippen LogP contribution in [0.1, 0.15) is 89.0 Å². The molecule has 37 heavy (non-hydrogen) atoms. The van der Waals surface area contributed by atoms with E-state index < -0.39 is 11.6 Å². The molecule has 2 amide bonds. The predicted octanol–water partition coefficient (Wildman–Crippen LogP) is 4.61. The third kappa shape index (κ3) is 6.20. The van der Waals surface area contributed by atoms with Crippen molar-refractivity contribution in [2.24, 2.45) is 29.4 Å². The van der Waals surface area contributed by atoms with Gasteiger partial charge in [0.1, 0.15) is 11.4 Å². The highest BCUT2D eigenvalue weighted by molar-refractivity contribution is 5.96. The first-order chi connectivity index (χ1) is 17.0. The van der Waals surface area contributed by atoms with Crippen LogP contribution in [0.25, 0.3) is 0 Å². The maximum Gasteiger partial charge on any atom is 0.246 e. The number of aromatic nitrogens is 1. The fourth-order valence-electron chi connectivity index (χ4n) is 7.62. The summed E-state index contributed by atoms with van der Waals surface area (Å²) in [5, 5.41) is 3.10. The van der Waals surface area contributed by atoms with Crippen LogP contribution in [0, 0.1) is 23.7 Å². The number of nitrogens with one attached hydrogen (secondary N) is 1. The highest BCUT2D eigenvalue weighted by atomic mass is 35.5. The van der Waals surface area contributed by atoms with Gasteiger partial charge in [-0.2, -0.15) is 0 Å². The van der Waals surface area contributed by atoms with E-state index in [2.05, 4.69) is 10.3 Å². The monoisotopic (exact) mass is 553 g/mol. The number of anilines is 1. The van der Waals surface area contributed by atoms with Gasteiger partial charge in [-0.3, -0.25) is 9.59 Å². The maximum atomic E-state index is 14.1. The minimum absolute atomic E-state index is 0. The van der Waals surface area contributed by atoms with Gasteiger partial charge in [-0.25, -0.2) is 4.98 Å². The molecule has 0 spiro atoms.